The maximum Gasteiger partial charge on any atom is 0.235 e. The van der Waals surface area contributed by atoms with E-state index in [1.54, 1.807) is 20.3 Å². The lowest BCUT2D eigenvalue weighted by Gasteiger charge is -2.15. The van der Waals surface area contributed by atoms with E-state index in [4.69, 9.17) is 9.47 Å². The van der Waals surface area contributed by atoms with Gasteiger partial charge in [-0.05, 0) is 29.2 Å². The minimum Gasteiger partial charge on any atom is -0.493 e. The van der Waals surface area contributed by atoms with Crippen LogP contribution in [0.25, 0.3) is 0 Å². The molecule has 0 fully saturated rings. The van der Waals surface area contributed by atoms with Gasteiger partial charge in [0.25, 0.3) is 0 Å². The van der Waals surface area contributed by atoms with E-state index in [-0.39, 0.29) is 0 Å². The Kier molecular flexibility index (Phi) is 4.73. The van der Waals surface area contributed by atoms with Gasteiger partial charge in [0.2, 0.25) is 6.08 Å². The van der Waals surface area contributed by atoms with Crippen LogP contribution in [0, 0.1) is 0 Å². The summed E-state index contributed by atoms with van der Waals surface area (Å²) in [6.45, 7) is 4.47. The topological polar surface area (TPSA) is 47.9 Å². The number of benzene rings is 1. The summed E-state index contributed by atoms with van der Waals surface area (Å²) >= 11 is 0. The highest BCUT2D eigenvalue weighted by atomic mass is 16.5. The molecule has 0 saturated carbocycles. The Hall–Kier alpha value is -1.80. The van der Waals surface area contributed by atoms with Crippen molar-refractivity contribution < 1.29 is 14.3 Å². The molecule has 0 amide bonds. The van der Waals surface area contributed by atoms with Crippen LogP contribution < -0.4 is 9.47 Å². The van der Waals surface area contributed by atoms with Gasteiger partial charge in [0.15, 0.2) is 11.5 Å². The monoisotopic (exact) mass is 235 g/mol. The summed E-state index contributed by atoms with van der Waals surface area (Å²) in [4.78, 5) is 13.8. The smallest absolute Gasteiger partial charge is 0.235 e. The first-order valence-electron chi connectivity index (χ1n) is 5.42. The molecule has 4 nitrogen and oxygen atoms in total. The molecule has 17 heavy (non-hydrogen) atoms. The third-order valence-corrected chi connectivity index (χ3v) is 2.58. The summed E-state index contributed by atoms with van der Waals surface area (Å²) in [5, 5.41) is 0. The molecule has 0 heterocycles. The largest absolute Gasteiger partial charge is 0.493 e. The molecule has 0 radical (unpaired) electrons. The van der Waals surface area contributed by atoms with E-state index in [1.165, 1.54) is 0 Å². The van der Waals surface area contributed by atoms with Crippen LogP contribution in [0.5, 0.6) is 11.5 Å². The first kappa shape index (κ1) is 13.3. The molecule has 0 N–H and O–H groups in total. The second-order valence-electron chi connectivity index (χ2n) is 3.97. The highest BCUT2D eigenvalue weighted by Crippen LogP contribution is 2.34. The number of hydrogen-bond donors (Lipinski definition) is 0. The van der Waals surface area contributed by atoms with Crippen molar-refractivity contribution in [1.82, 2.24) is 0 Å². The molecule has 1 aromatic carbocycles. The molecule has 4 heteroatoms. The molecule has 0 bridgehead atoms. The van der Waals surface area contributed by atoms with Gasteiger partial charge in [-0.15, -0.1) is 0 Å². The number of isocyanates is 1. The first-order valence-corrected chi connectivity index (χ1v) is 5.42. The van der Waals surface area contributed by atoms with E-state index in [0.29, 0.717) is 24.0 Å². The van der Waals surface area contributed by atoms with Crippen molar-refractivity contribution in [2.75, 3.05) is 14.2 Å². The summed E-state index contributed by atoms with van der Waals surface area (Å²) in [7, 11) is 3.19. The van der Waals surface area contributed by atoms with Gasteiger partial charge in [0.05, 0.1) is 20.8 Å². The highest BCUT2D eigenvalue weighted by Gasteiger charge is 2.13. The molecule has 0 aliphatic heterocycles. The Morgan fingerprint density at radius 2 is 1.82 bits per heavy atom. The van der Waals surface area contributed by atoms with Crippen LogP contribution >= 0.6 is 0 Å². The van der Waals surface area contributed by atoms with Gasteiger partial charge >= 0.3 is 0 Å². The van der Waals surface area contributed by atoms with Crippen molar-refractivity contribution in [3.05, 3.63) is 23.3 Å². The van der Waals surface area contributed by atoms with Gasteiger partial charge in [-0.2, -0.15) is 0 Å². The predicted molar refractivity (Wildman–Crippen MR) is 65.5 cm³/mol. The molecular weight excluding hydrogens is 218 g/mol. The Labute approximate surface area is 101 Å². The fraction of sp³-hybridized carbons (Fsp3) is 0.462. The van der Waals surface area contributed by atoms with Crippen LogP contribution in [0.2, 0.25) is 0 Å². The minimum absolute atomic E-state index is 0.317. The van der Waals surface area contributed by atoms with Crippen molar-refractivity contribution in [2.45, 2.75) is 26.3 Å². The van der Waals surface area contributed by atoms with E-state index in [9.17, 15) is 4.79 Å². The molecule has 0 aliphatic rings. The van der Waals surface area contributed by atoms with Crippen LogP contribution in [0.1, 0.15) is 30.9 Å². The highest BCUT2D eigenvalue weighted by molar-refractivity contribution is 5.49. The van der Waals surface area contributed by atoms with Gasteiger partial charge in [-0.25, -0.2) is 9.79 Å². The number of hydrogen-bond acceptors (Lipinski definition) is 4. The lowest BCUT2D eigenvalue weighted by atomic mass is 9.96. The van der Waals surface area contributed by atoms with Gasteiger partial charge < -0.3 is 9.47 Å². The molecule has 1 aromatic rings. The summed E-state index contributed by atoms with van der Waals surface area (Å²) in [5.74, 6) is 1.66. The maximum atomic E-state index is 10.2. The van der Waals surface area contributed by atoms with Crippen LogP contribution in [-0.4, -0.2) is 20.3 Å². The number of carbonyl (C=O) groups excluding carboxylic acids is 1. The summed E-state index contributed by atoms with van der Waals surface area (Å²) in [6.07, 6.45) is 1.55. The number of methoxy groups -OCH3 is 2. The lowest BCUT2D eigenvalue weighted by molar-refractivity contribution is 0.354. The molecule has 0 atom stereocenters. The molecule has 92 valence electrons. The molecule has 0 aromatic heterocycles. The van der Waals surface area contributed by atoms with Gasteiger partial charge in [0.1, 0.15) is 0 Å². The van der Waals surface area contributed by atoms with E-state index < -0.39 is 0 Å². The maximum absolute atomic E-state index is 10.2. The average Bonchev–Trinajstić information content (AvgIpc) is 2.34. The quantitative estimate of drug-likeness (QED) is 0.582. The lowest BCUT2D eigenvalue weighted by Crippen LogP contribution is -1.99. The zero-order chi connectivity index (χ0) is 12.8. The van der Waals surface area contributed by atoms with Gasteiger partial charge in [0, 0.05) is 0 Å². The molecule has 1 rings (SSSR count). The fourth-order valence-corrected chi connectivity index (χ4v) is 1.73. The molecule has 0 spiro atoms. The second-order valence-corrected chi connectivity index (χ2v) is 3.97. The first-order chi connectivity index (χ1) is 8.13. The number of nitrogens with zero attached hydrogens (tertiary/aromatic N) is 1. The summed E-state index contributed by atoms with van der Waals surface area (Å²) < 4.78 is 10.5. The number of aliphatic imine (C=N–C) groups is 1. The molecule has 0 unspecified atom stereocenters. The van der Waals surface area contributed by atoms with Crippen LogP contribution in [0.4, 0.5) is 0 Å². The normalized spacial score (nSPS) is 9.94. The Morgan fingerprint density at radius 1 is 1.24 bits per heavy atom. The van der Waals surface area contributed by atoms with Crippen molar-refractivity contribution in [1.29, 1.82) is 0 Å². The third kappa shape index (κ3) is 3.08. The van der Waals surface area contributed by atoms with E-state index >= 15 is 0 Å². The SMILES string of the molecule is COc1cc(CN=C=O)c(C(C)C)cc1OC. The standard InChI is InChI=1S/C13H17NO3/c1-9(2)11-6-13(17-4)12(16-3)5-10(11)7-14-8-15/h5-6,9H,7H2,1-4H3. The summed E-state index contributed by atoms with van der Waals surface area (Å²) in [5.41, 5.74) is 2.06. The zero-order valence-electron chi connectivity index (χ0n) is 10.6. The van der Waals surface area contributed by atoms with Crippen molar-refractivity contribution in [2.24, 2.45) is 4.99 Å². The Balaban J connectivity index is 3.28. The van der Waals surface area contributed by atoms with Crippen molar-refractivity contribution >= 4 is 6.08 Å². The Bertz CT molecular complexity index is 435. The second kappa shape index (κ2) is 6.06. The molecule has 0 aliphatic carbocycles. The van der Waals surface area contributed by atoms with Gasteiger partial charge in [-0.1, -0.05) is 13.8 Å². The van der Waals surface area contributed by atoms with Crippen molar-refractivity contribution in [3.8, 4) is 11.5 Å². The van der Waals surface area contributed by atoms with Crippen LogP contribution in [0.15, 0.2) is 17.1 Å². The van der Waals surface area contributed by atoms with Crippen LogP contribution in [0.3, 0.4) is 0 Å². The predicted octanol–water partition coefficient (Wildman–Crippen LogP) is 2.66. The zero-order valence-corrected chi connectivity index (χ0v) is 10.6. The number of rotatable bonds is 5. The minimum atomic E-state index is 0.317. The van der Waals surface area contributed by atoms with E-state index in [2.05, 4.69) is 18.8 Å². The van der Waals surface area contributed by atoms with Crippen molar-refractivity contribution in [3.63, 3.8) is 0 Å². The van der Waals surface area contributed by atoms with E-state index in [0.717, 1.165) is 11.1 Å². The van der Waals surface area contributed by atoms with Crippen LogP contribution in [-0.2, 0) is 11.3 Å². The van der Waals surface area contributed by atoms with E-state index in [1.807, 2.05) is 12.1 Å². The molecular formula is C13H17NO3. The number of ether oxygens (including phenoxy) is 2. The average molecular weight is 235 g/mol. The van der Waals surface area contributed by atoms with Gasteiger partial charge in [-0.3, -0.25) is 0 Å². The summed E-state index contributed by atoms with van der Waals surface area (Å²) in [6, 6.07) is 3.79. The molecule has 0 saturated heterocycles. The Morgan fingerprint density at radius 3 is 2.29 bits per heavy atom. The fourth-order valence-electron chi connectivity index (χ4n) is 1.73. The third-order valence-electron chi connectivity index (χ3n) is 2.58.